The molecule has 8 heteroatoms. The molecule has 0 radical (unpaired) electrons. The van der Waals surface area contributed by atoms with Gasteiger partial charge in [0, 0.05) is 11.9 Å². The predicted molar refractivity (Wildman–Crippen MR) is 70.0 cm³/mol. The van der Waals surface area contributed by atoms with E-state index < -0.39 is 11.7 Å². The molecule has 0 aliphatic rings. The molecule has 2 N–H and O–H groups in total. The lowest BCUT2D eigenvalue weighted by molar-refractivity contribution is -0.137. The van der Waals surface area contributed by atoms with E-state index in [1.807, 2.05) is 0 Å². The number of rotatable bonds is 2. The van der Waals surface area contributed by atoms with Gasteiger partial charge in [0.15, 0.2) is 5.11 Å². The summed E-state index contributed by atoms with van der Waals surface area (Å²) in [6.45, 7) is 1.67. The molecule has 0 saturated heterocycles. The fourth-order valence-electron chi connectivity index (χ4n) is 1.10. The number of hydrogen-bond acceptors (Lipinski definition) is 2. The number of alkyl halides is 3. The highest BCUT2D eigenvalue weighted by atomic mass is 35.5. The van der Waals surface area contributed by atoms with Crippen LogP contribution in [0.1, 0.15) is 12.5 Å². The van der Waals surface area contributed by atoms with E-state index in [-0.39, 0.29) is 15.8 Å². The molecule has 98 valence electrons. The first-order valence-electron chi connectivity index (χ1n) is 4.76. The number of hydrazone groups is 1. The van der Waals surface area contributed by atoms with Gasteiger partial charge in [0.2, 0.25) is 0 Å². The molecule has 0 heterocycles. The van der Waals surface area contributed by atoms with Crippen LogP contribution in [-0.2, 0) is 6.18 Å². The van der Waals surface area contributed by atoms with Gasteiger partial charge < -0.3 is 5.32 Å². The van der Waals surface area contributed by atoms with Crippen LogP contribution < -0.4 is 10.7 Å². The van der Waals surface area contributed by atoms with Crippen LogP contribution in [0.2, 0.25) is 5.02 Å². The molecule has 1 aromatic rings. The lowest BCUT2D eigenvalue weighted by Crippen LogP contribution is -2.23. The van der Waals surface area contributed by atoms with Gasteiger partial charge in [0.25, 0.3) is 0 Å². The Kier molecular flexibility index (Phi) is 4.92. The zero-order valence-electron chi connectivity index (χ0n) is 9.18. The second-order valence-corrected chi connectivity index (χ2v) is 3.96. The lowest BCUT2D eigenvalue weighted by Gasteiger charge is -2.12. The van der Waals surface area contributed by atoms with Crippen molar-refractivity contribution in [2.45, 2.75) is 13.1 Å². The van der Waals surface area contributed by atoms with Gasteiger partial charge in [0.05, 0.1) is 10.6 Å². The minimum Gasteiger partial charge on any atom is -0.331 e. The number of benzene rings is 1. The standard InChI is InChI=1S/C10H9ClF3N3S/c1-2-15-17-9(18)16-6-3-4-8(11)7(5-6)10(12,13)14/h2-5H,1H3,(H2,16,17,18)/b15-2+. The summed E-state index contributed by atoms with van der Waals surface area (Å²) in [6.07, 6.45) is -3.05. The van der Waals surface area contributed by atoms with Crippen molar-refractivity contribution in [3.63, 3.8) is 0 Å². The Labute approximate surface area is 112 Å². The predicted octanol–water partition coefficient (Wildman–Crippen LogP) is 3.65. The third kappa shape index (κ3) is 4.15. The van der Waals surface area contributed by atoms with Gasteiger partial charge in [-0.1, -0.05) is 11.6 Å². The van der Waals surface area contributed by atoms with Gasteiger partial charge >= 0.3 is 6.18 Å². The molecule has 0 fully saturated rings. The summed E-state index contributed by atoms with van der Waals surface area (Å²) in [5.41, 5.74) is 1.69. The van der Waals surface area contributed by atoms with Crippen molar-refractivity contribution in [2.75, 3.05) is 5.32 Å². The van der Waals surface area contributed by atoms with Crippen LogP contribution in [0.15, 0.2) is 23.3 Å². The van der Waals surface area contributed by atoms with Crippen molar-refractivity contribution < 1.29 is 13.2 Å². The highest BCUT2D eigenvalue weighted by Crippen LogP contribution is 2.36. The number of nitrogens with zero attached hydrogens (tertiary/aromatic N) is 1. The van der Waals surface area contributed by atoms with E-state index in [1.165, 1.54) is 12.3 Å². The molecule has 0 amide bonds. The maximum atomic E-state index is 12.6. The van der Waals surface area contributed by atoms with Crippen LogP contribution in [0.3, 0.4) is 0 Å². The van der Waals surface area contributed by atoms with Crippen molar-refractivity contribution in [3.05, 3.63) is 28.8 Å². The maximum Gasteiger partial charge on any atom is 0.417 e. The van der Waals surface area contributed by atoms with Crippen LogP contribution in [0, 0.1) is 0 Å². The summed E-state index contributed by atoms with van der Waals surface area (Å²) in [7, 11) is 0. The summed E-state index contributed by atoms with van der Waals surface area (Å²) in [5, 5.41) is 5.92. The topological polar surface area (TPSA) is 36.4 Å². The molecular weight excluding hydrogens is 287 g/mol. The van der Waals surface area contributed by atoms with Gasteiger partial charge in [-0.05, 0) is 37.3 Å². The fourth-order valence-corrected chi connectivity index (χ4v) is 1.50. The second-order valence-electron chi connectivity index (χ2n) is 3.15. The molecule has 0 spiro atoms. The molecule has 0 aromatic heterocycles. The van der Waals surface area contributed by atoms with Gasteiger partial charge in [-0.2, -0.15) is 18.3 Å². The Morgan fingerprint density at radius 1 is 1.44 bits per heavy atom. The summed E-state index contributed by atoms with van der Waals surface area (Å²) >= 11 is 10.3. The van der Waals surface area contributed by atoms with Crippen molar-refractivity contribution in [1.82, 2.24) is 5.43 Å². The molecule has 18 heavy (non-hydrogen) atoms. The lowest BCUT2D eigenvalue weighted by atomic mass is 10.2. The SMILES string of the molecule is C/C=N/NC(=S)Nc1ccc(Cl)c(C(F)(F)F)c1. The Bertz CT molecular complexity index is 474. The summed E-state index contributed by atoms with van der Waals surface area (Å²) in [6, 6.07) is 3.42. The third-order valence-electron chi connectivity index (χ3n) is 1.82. The first kappa shape index (κ1) is 14.7. The third-order valence-corrected chi connectivity index (χ3v) is 2.35. The Morgan fingerprint density at radius 3 is 2.67 bits per heavy atom. The Hall–Kier alpha value is -1.34. The molecule has 0 aliphatic heterocycles. The molecular formula is C10H9ClF3N3S. The van der Waals surface area contributed by atoms with E-state index >= 15 is 0 Å². The molecule has 0 unspecified atom stereocenters. The number of thiocarbonyl (C=S) groups is 1. The zero-order valence-corrected chi connectivity index (χ0v) is 10.7. The first-order valence-corrected chi connectivity index (χ1v) is 5.54. The maximum absolute atomic E-state index is 12.6. The van der Waals surface area contributed by atoms with Gasteiger partial charge in [-0.15, -0.1) is 0 Å². The van der Waals surface area contributed by atoms with E-state index in [1.54, 1.807) is 6.92 Å². The molecule has 0 bridgehead atoms. The van der Waals surface area contributed by atoms with Crippen LogP contribution in [-0.4, -0.2) is 11.3 Å². The van der Waals surface area contributed by atoms with Crippen LogP contribution in [0.4, 0.5) is 18.9 Å². The van der Waals surface area contributed by atoms with E-state index in [9.17, 15) is 13.2 Å². The normalized spacial score (nSPS) is 11.6. The minimum absolute atomic E-state index is 0.0866. The Balaban J connectivity index is 2.89. The first-order chi connectivity index (χ1) is 8.34. The zero-order chi connectivity index (χ0) is 13.8. The molecule has 1 rings (SSSR count). The summed E-state index contributed by atoms with van der Waals surface area (Å²) < 4.78 is 37.8. The molecule has 0 atom stereocenters. The van der Waals surface area contributed by atoms with E-state index in [0.29, 0.717) is 0 Å². The van der Waals surface area contributed by atoms with Crippen molar-refractivity contribution >= 4 is 40.8 Å². The largest absolute Gasteiger partial charge is 0.417 e. The van der Waals surface area contributed by atoms with E-state index in [2.05, 4.69) is 15.8 Å². The fraction of sp³-hybridized carbons (Fsp3) is 0.200. The summed E-state index contributed by atoms with van der Waals surface area (Å²) in [5.74, 6) is 0. The van der Waals surface area contributed by atoms with Crippen LogP contribution >= 0.6 is 23.8 Å². The van der Waals surface area contributed by atoms with Crippen molar-refractivity contribution in [1.29, 1.82) is 0 Å². The van der Waals surface area contributed by atoms with Crippen LogP contribution in [0.25, 0.3) is 0 Å². The quantitative estimate of drug-likeness (QED) is 0.497. The highest BCUT2D eigenvalue weighted by Gasteiger charge is 2.33. The number of halogens is 4. The molecule has 1 aromatic carbocycles. The van der Waals surface area contributed by atoms with Crippen molar-refractivity contribution in [2.24, 2.45) is 5.10 Å². The average molecular weight is 296 g/mol. The number of anilines is 1. The smallest absolute Gasteiger partial charge is 0.331 e. The highest BCUT2D eigenvalue weighted by molar-refractivity contribution is 7.80. The van der Waals surface area contributed by atoms with Gasteiger partial charge in [-0.3, -0.25) is 5.43 Å². The molecule has 0 aliphatic carbocycles. The van der Waals surface area contributed by atoms with Crippen molar-refractivity contribution in [3.8, 4) is 0 Å². The monoisotopic (exact) mass is 295 g/mol. The Morgan fingerprint density at radius 2 is 2.11 bits per heavy atom. The minimum atomic E-state index is -4.51. The van der Waals surface area contributed by atoms with E-state index in [0.717, 1.165) is 12.1 Å². The summed E-state index contributed by atoms with van der Waals surface area (Å²) in [4.78, 5) is 0. The number of hydrogen-bond donors (Lipinski definition) is 2. The van der Waals surface area contributed by atoms with E-state index in [4.69, 9.17) is 23.8 Å². The van der Waals surface area contributed by atoms with Gasteiger partial charge in [-0.25, -0.2) is 0 Å². The second kappa shape index (κ2) is 6.01. The number of nitrogens with one attached hydrogen (secondary N) is 2. The molecule has 0 saturated carbocycles. The average Bonchev–Trinajstić information content (AvgIpc) is 2.27. The van der Waals surface area contributed by atoms with Crippen LogP contribution in [0.5, 0.6) is 0 Å². The molecule has 3 nitrogen and oxygen atoms in total. The van der Waals surface area contributed by atoms with Gasteiger partial charge in [0.1, 0.15) is 0 Å².